The zero-order chi connectivity index (χ0) is 11.1. The average Bonchev–Trinajstić information content (AvgIpc) is 2.61. The summed E-state index contributed by atoms with van der Waals surface area (Å²) in [7, 11) is -3.04. The molecular weight excluding hydrogens is 214 g/mol. The maximum atomic E-state index is 10.7. The molecule has 0 atom stereocenters. The molecule has 5 nitrogen and oxygen atoms in total. The zero-order valence-electron chi connectivity index (χ0n) is 8.79. The first-order chi connectivity index (χ1) is 7.08. The van der Waals surface area contributed by atoms with E-state index in [9.17, 15) is 8.42 Å². The summed E-state index contributed by atoms with van der Waals surface area (Å²) in [5.41, 5.74) is 1.20. The number of hydrogen-bond donors (Lipinski definition) is 3. The molecule has 0 aliphatic carbocycles. The first-order valence-corrected chi connectivity index (χ1v) is 6.74. The molecular formula is C9H17N3O2S. The Labute approximate surface area is 90.3 Å². The van der Waals surface area contributed by atoms with Crippen molar-refractivity contribution in [3.63, 3.8) is 0 Å². The van der Waals surface area contributed by atoms with Gasteiger partial charge in [-0.15, -0.1) is 0 Å². The van der Waals surface area contributed by atoms with Crippen LogP contribution in [0.15, 0.2) is 18.5 Å². The molecule has 15 heavy (non-hydrogen) atoms. The lowest BCUT2D eigenvalue weighted by molar-refractivity contribution is 0.579. The Morgan fingerprint density at radius 3 is 2.80 bits per heavy atom. The summed E-state index contributed by atoms with van der Waals surface area (Å²) in [5.74, 6) is 0. The van der Waals surface area contributed by atoms with Gasteiger partial charge in [-0.3, -0.25) is 0 Å². The quantitative estimate of drug-likeness (QED) is 0.580. The van der Waals surface area contributed by atoms with E-state index in [1.54, 1.807) is 0 Å². The molecule has 6 heteroatoms. The Balaban J connectivity index is 1.99. The molecule has 0 fully saturated rings. The molecule has 1 aromatic rings. The second-order valence-corrected chi connectivity index (χ2v) is 5.25. The van der Waals surface area contributed by atoms with Crippen molar-refractivity contribution in [3.05, 3.63) is 24.0 Å². The van der Waals surface area contributed by atoms with Crippen LogP contribution in [0, 0.1) is 0 Å². The SMILES string of the molecule is CS(=O)(=O)NCCCNCc1cc[nH]c1. The highest BCUT2D eigenvalue weighted by molar-refractivity contribution is 7.88. The molecule has 0 saturated heterocycles. The molecule has 0 unspecified atom stereocenters. The van der Waals surface area contributed by atoms with Crippen LogP contribution in [0.5, 0.6) is 0 Å². The topological polar surface area (TPSA) is 74.0 Å². The fourth-order valence-electron chi connectivity index (χ4n) is 1.17. The first kappa shape index (κ1) is 12.2. The van der Waals surface area contributed by atoms with Crippen LogP contribution in [0.1, 0.15) is 12.0 Å². The molecule has 0 aliphatic heterocycles. The summed E-state index contributed by atoms with van der Waals surface area (Å²) in [6, 6.07) is 2.00. The molecule has 1 heterocycles. The van der Waals surface area contributed by atoms with Crippen LogP contribution in [0.4, 0.5) is 0 Å². The van der Waals surface area contributed by atoms with Gasteiger partial charge in [-0.05, 0) is 24.6 Å². The monoisotopic (exact) mass is 231 g/mol. The second-order valence-electron chi connectivity index (χ2n) is 3.42. The highest BCUT2D eigenvalue weighted by Gasteiger charge is 1.98. The number of H-pyrrole nitrogens is 1. The third-order valence-electron chi connectivity index (χ3n) is 1.89. The molecule has 86 valence electrons. The predicted molar refractivity (Wildman–Crippen MR) is 60.0 cm³/mol. The highest BCUT2D eigenvalue weighted by atomic mass is 32.2. The predicted octanol–water partition coefficient (Wildman–Crippen LogP) is 0.0436. The van der Waals surface area contributed by atoms with E-state index in [1.165, 1.54) is 11.8 Å². The fraction of sp³-hybridized carbons (Fsp3) is 0.556. The molecule has 1 rings (SSSR count). The number of rotatable bonds is 7. The lowest BCUT2D eigenvalue weighted by Crippen LogP contribution is -2.26. The number of hydrogen-bond acceptors (Lipinski definition) is 3. The number of aromatic amines is 1. The van der Waals surface area contributed by atoms with E-state index in [1.807, 2.05) is 18.5 Å². The van der Waals surface area contributed by atoms with E-state index in [4.69, 9.17) is 0 Å². The molecule has 1 aromatic heterocycles. The largest absolute Gasteiger partial charge is 0.367 e. The highest BCUT2D eigenvalue weighted by Crippen LogP contribution is 1.94. The number of aromatic nitrogens is 1. The van der Waals surface area contributed by atoms with Crippen LogP contribution in [0.3, 0.4) is 0 Å². The minimum atomic E-state index is -3.04. The minimum Gasteiger partial charge on any atom is -0.367 e. The van der Waals surface area contributed by atoms with Crippen LogP contribution < -0.4 is 10.0 Å². The molecule has 0 bridgehead atoms. The smallest absolute Gasteiger partial charge is 0.208 e. The van der Waals surface area contributed by atoms with Gasteiger partial charge in [0.15, 0.2) is 0 Å². The molecule has 0 aliphatic rings. The van der Waals surface area contributed by atoms with Crippen LogP contribution in [-0.4, -0.2) is 32.7 Å². The standard InChI is InChI=1S/C9H17N3O2S/c1-15(13,14)12-5-2-4-10-7-9-3-6-11-8-9/h3,6,8,10-12H,2,4-5,7H2,1H3. The molecule has 3 N–H and O–H groups in total. The van der Waals surface area contributed by atoms with Gasteiger partial charge >= 0.3 is 0 Å². The van der Waals surface area contributed by atoms with Crippen molar-refractivity contribution < 1.29 is 8.42 Å². The van der Waals surface area contributed by atoms with E-state index in [0.29, 0.717) is 6.54 Å². The average molecular weight is 231 g/mol. The lowest BCUT2D eigenvalue weighted by atomic mass is 10.3. The second kappa shape index (κ2) is 5.89. The van der Waals surface area contributed by atoms with Crippen LogP contribution in [-0.2, 0) is 16.6 Å². The third-order valence-corrected chi connectivity index (χ3v) is 2.61. The summed E-state index contributed by atoms with van der Waals surface area (Å²) >= 11 is 0. The molecule has 0 aromatic carbocycles. The Morgan fingerprint density at radius 1 is 1.40 bits per heavy atom. The number of nitrogens with one attached hydrogen (secondary N) is 3. The Kier molecular flexibility index (Phi) is 4.80. The summed E-state index contributed by atoms with van der Waals surface area (Å²) in [6.07, 6.45) is 5.77. The van der Waals surface area contributed by atoms with Crippen molar-refractivity contribution in [2.45, 2.75) is 13.0 Å². The van der Waals surface area contributed by atoms with E-state index >= 15 is 0 Å². The Morgan fingerprint density at radius 2 is 2.20 bits per heavy atom. The summed E-state index contributed by atoms with van der Waals surface area (Å²) in [5, 5.41) is 3.22. The maximum absolute atomic E-state index is 10.7. The van der Waals surface area contributed by atoms with Gasteiger partial charge in [-0.1, -0.05) is 0 Å². The normalized spacial score (nSPS) is 11.8. The van der Waals surface area contributed by atoms with Gasteiger partial charge in [0.1, 0.15) is 0 Å². The van der Waals surface area contributed by atoms with Gasteiger partial charge in [0, 0.05) is 25.5 Å². The molecule has 0 spiro atoms. The minimum absolute atomic E-state index is 0.485. The van der Waals surface area contributed by atoms with E-state index < -0.39 is 10.0 Å². The van der Waals surface area contributed by atoms with Gasteiger partial charge in [-0.2, -0.15) is 0 Å². The fourth-order valence-corrected chi connectivity index (χ4v) is 1.69. The van der Waals surface area contributed by atoms with Crippen molar-refractivity contribution in [1.29, 1.82) is 0 Å². The van der Waals surface area contributed by atoms with Crippen LogP contribution in [0.2, 0.25) is 0 Å². The summed E-state index contributed by atoms with van der Waals surface area (Å²) in [4.78, 5) is 2.97. The molecule has 0 saturated carbocycles. The van der Waals surface area contributed by atoms with Gasteiger partial charge < -0.3 is 10.3 Å². The van der Waals surface area contributed by atoms with Crippen LogP contribution >= 0.6 is 0 Å². The Hall–Kier alpha value is -0.850. The molecule has 0 amide bonds. The van der Waals surface area contributed by atoms with Gasteiger partial charge in [-0.25, -0.2) is 13.1 Å². The summed E-state index contributed by atoms with van der Waals surface area (Å²) in [6.45, 7) is 2.09. The lowest BCUT2D eigenvalue weighted by Gasteiger charge is -2.03. The maximum Gasteiger partial charge on any atom is 0.208 e. The Bertz CT molecular complexity index is 359. The van der Waals surface area contributed by atoms with Gasteiger partial charge in [0.05, 0.1) is 6.26 Å². The van der Waals surface area contributed by atoms with Crippen molar-refractivity contribution >= 4 is 10.0 Å². The first-order valence-electron chi connectivity index (χ1n) is 4.85. The molecule has 0 radical (unpaired) electrons. The van der Waals surface area contributed by atoms with Gasteiger partial charge in [0.25, 0.3) is 0 Å². The number of sulfonamides is 1. The van der Waals surface area contributed by atoms with Crippen molar-refractivity contribution in [2.24, 2.45) is 0 Å². The van der Waals surface area contributed by atoms with Gasteiger partial charge in [0.2, 0.25) is 10.0 Å². The summed E-state index contributed by atoms with van der Waals surface area (Å²) < 4.78 is 23.9. The third kappa shape index (κ3) is 6.27. The van der Waals surface area contributed by atoms with E-state index in [-0.39, 0.29) is 0 Å². The van der Waals surface area contributed by atoms with E-state index in [2.05, 4.69) is 15.0 Å². The van der Waals surface area contributed by atoms with Crippen molar-refractivity contribution in [3.8, 4) is 0 Å². The zero-order valence-corrected chi connectivity index (χ0v) is 9.60. The van der Waals surface area contributed by atoms with Crippen molar-refractivity contribution in [1.82, 2.24) is 15.0 Å². The van der Waals surface area contributed by atoms with E-state index in [0.717, 1.165) is 19.5 Å². The van der Waals surface area contributed by atoms with Crippen LogP contribution in [0.25, 0.3) is 0 Å². The van der Waals surface area contributed by atoms with Crippen molar-refractivity contribution in [2.75, 3.05) is 19.3 Å².